The van der Waals surface area contributed by atoms with Crippen LogP contribution in [0.1, 0.15) is 32.6 Å². The Bertz CT molecular complexity index is 1060. The van der Waals surface area contributed by atoms with Crippen LogP contribution < -0.4 is 0 Å². The molecule has 2 fully saturated rings. The van der Waals surface area contributed by atoms with Crippen molar-refractivity contribution in [3.63, 3.8) is 0 Å². The van der Waals surface area contributed by atoms with Crippen molar-refractivity contribution in [1.82, 2.24) is 19.4 Å². The lowest BCUT2D eigenvalue weighted by Crippen LogP contribution is -2.38. The molecule has 2 aliphatic rings. The van der Waals surface area contributed by atoms with Crippen molar-refractivity contribution in [1.29, 1.82) is 0 Å². The molecule has 1 aromatic carbocycles. The molecule has 30 heavy (non-hydrogen) atoms. The Morgan fingerprint density at radius 2 is 1.70 bits per heavy atom. The number of hydrogen-bond donors (Lipinski definition) is 0. The third kappa shape index (κ3) is 3.09. The van der Waals surface area contributed by atoms with Gasteiger partial charge in [0.05, 0.1) is 6.04 Å². The molecule has 0 N–H and O–H groups in total. The van der Waals surface area contributed by atoms with Gasteiger partial charge in [0.2, 0.25) is 0 Å². The lowest BCUT2D eigenvalue weighted by atomic mass is 9.89. The molecular weight excluding hydrogens is 376 g/mol. The summed E-state index contributed by atoms with van der Waals surface area (Å²) in [5, 5.41) is 0. The molecule has 2 aromatic heterocycles. The van der Waals surface area contributed by atoms with Crippen molar-refractivity contribution in [3.05, 3.63) is 90.0 Å². The van der Waals surface area contributed by atoms with Crippen LogP contribution in [0.15, 0.2) is 73.1 Å². The van der Waals surface area contributed by atoms with E-state index in [0.717, 1.165) is 5.56 Å². The van der Waals surface area contributed by atoms with Crippen LogP contribution in [0, 0.1) is 11.8 Å². The number of pyridine rings is 1. The van der Waals surface area contributed by atoms with Crippen molar-refractivity contribution < 1.29 is 9.59 Å². The van der Waals surface area contributed by atoms with E-state index in [-0.39, 0.29) is 29.7 Å². The van der Waals surface area contributed by atoms with Crippen molar-refractivity contribution in [2.45, 2.75) is 6.04 Å². The van der Waals surface area contributed by atoms with Crippen LogP contribution in [0.5, 0.6) is 0 Å². The number of amides is 2. The molecule has 4 heterocycles. The summed E-state index contributed by atoms with van der Waals surface area (Å²) in [6.45, 7) is 1.96. The SMILES string of the molecule is Cn1cccc1C(=O)N1C[C@H]2CN(C(=O)c3ccccn3)[C@H](c3ccccc3)[C@H]2C1. The smallest absolute Gasteiger partial charge is 0.272 e. The first kappa shape index (κ1) is 18.6. The van der Waals surface area contributed by atoms with E-state index in [9.17, 15) is 9.59 Å². The minimum absolute atomic E-state index is 0.0424. The number of benzene rings is 1. The Labute approximate surface area is 175 Å². The van der Waals surface area contributed by atoms with Gasteiger partial charge in [-0.25, -0.2) is 0 Å². The van der Waals surface area contributed by atoms with Crippen molar-refractivity contribution in [3.8, 4) is 0 Å². The first-order chi connectivity index (χ1) is 14.6. The zero-order valence-corrected chi connectivity index (χ0v) is 16.9. The summed E-state index contributed by atoms with van der Waals surface area (Å²) >= 11 is 0. The zero-order chi connectivity index (χ0) is 20.7. The lowest BCUT2D eigenvalue weighted by Gasteiger charge is -2.30. The summed E-state index contributed by atoms with van der Waals surface area (Å²) in [4.78, 5) is 34.5. The molecule has 0 radical (unpaired) electrons. The molecule has 6 heteroatoms. The Morgan fingerprint density at radius 1 is 0.900 bits per heavy atom. The first-order valence-corrected chi connectivity index (χ1v) is 10.3. The van der Waals surface area contributed by atoms with Crippen LogP contribution >= 0.6 is 0 Å². The van der Waals surface area contributed by atoms with Crippen LogP contribution in [0.3, 0.4) is 0 Å². The topological polar surface area (TPSA) is 58.4 Å². The molecule has 3 aromatic rings. The number of rotatable bonds is 3. The summed E-state index contributed by atoms with van der Waals surface area (Å²) in [6.07, 6.45) is 3.55. The number of carbonyl (C=O) groups excluding carboxylic acids is 2. The van der Waals surface area contributed by atoms with Gasteiger partial charge in [-0.3, -0.25) is 14.6 Å². The molecule has 0 aliphatic carbocycles. The van der Waals surface area contributed by atoms with E-state index >= 15 is 0 Å². The first-order valence-electron chi connectivity index (χ1n) is 10.3. The predicted octanol–water partition coefficient (Wildman–Crippen LogP) is 3.01. The highest BCUT2D eigenvalue weighted by molar-refractivity contribution is 5.94. The van der Waals surface area contributed by atoms with E-state index in [2.05, 4.69) is 17.1 Å². The van der Waals surface area contributed by atoms with Gasteiger partial charge >= 0.3 is 0 Å². The molecule has 0 spiro atoms. The van der Waals surface area contributed by atoms with Crippen molar-refractivity contribution >= 4 is 11.8 Å². The Balaban J connectivity index is 1.44. The maximum Gasteiger partial charge on any atom is 0.272 e. The third-order valence-corrected chi connectivity index (χ3v) is 6.40. The maximum atomic E-state index is 13.3. The number of aryl methyl sites for hydroxylation is 1. The third-order valence-electron chi connectivity index (χ3n) is 6.40. The number of likely N-dealkylation sites (tertiary alicyclic amines) is 2. The van der Waals surface area contributed by atoms with Gasteiger partial charge < -0.3 is 14.4 Å². The number of nitrogens with zero attached hydrogens (tertiary/aromatic N) is 4. The van der Waals surface area contributed by atoms with Gasteiger partial charge in [-0.1, -0.05) is 36.4 Å². The fraction of sp³-hybridized carbons (Fsp3) is 0.292. The Hall–Kier alpha value is -3.41. The molecule has 3 atom stereocenters. The van der Waals surface area contributed by atoms with Crippen LogP contribution in [0.2, 0.25) is 0 Å². The summed E-state index contributed by atoms with van der Waals surface area (Å²) in [5.74, 6) is 0.488. The van der Waals surface area contributed by atoms with Gasteiger partial charge in [0.25, 0.3) is 11.8 Å². The van der Waals surface area contributed by atoms with Crippen LogP contribution in [0.25, 0.3) is 0 Å². The monoisotopic (exact) mass is 400 g/mol. The van der Waals surface area contributed by atoms with E-state index < -0.39 is 0 Å². The quantitative estimate of drug-likeness (QED) is 0.679. The van der Waals surface area contributed by atoms with Gasteiger partial charge in [0.15, 0.2) is 0 Å². The van der Waals surface area contributed by atoms with E-state index in [4.69, 9.17) is 0 Å². The summed E-state index contributed by atoms with van der Waals surface area (Å²) in [7, 11) is 1.89. The summed E-state index contributed by atoms with van der Waals surface area (Å²) in [6, 6.07) is 19.3. The zero-order valence-electron chi connectivity index (χ0n) is 16.9. The van der Waals surface area contributed by atoms with Crippen LogP contribution in [-0.4, -0.2) is 50.8 Å². The molecule has 152 valence electrons. The van der Waals surface area contributed by atoms with E-state index in [0.29, 0.717) is 31.0 Å². The largest absolute Gasteiger partial charge is 0.347 e. The Morgan fingerprint density at radius 3 is 2.40 bits per heavy atom. The average Bonchev–Trinajstić information content (AvgIpc) is 3.48. The lowest BCUT2D eigenvalue weighted by molar-refractivity contribution is 0.0669. The van der Waals surface area contributed by atoms with E-state index in [1.54, 1.807) is 12.3 Å². The second-order valence-electron chi connectivity index (χ2n) is 8.17. The molecule has 0 unspecified atom stereocenters. The van der Waals surface area contributed by atoms with E-state index in [1.807, 2.05) is 70.1 Å². The molecule has 6 nitrogen and oxygen atoms in total. The van der Waals surface area contributed by atoms with Gasteiger partial charge in [0.1, 0.15) is 11.4 Å². The van der Waals surface area contributed by atoms with Gasteiger partial charge in [0, 0.05) is 50.9 Å². The summed E-state index contributed by atoms with van der Waals surface area (Å²) in [5.41, 5.74) is 2.28. The van der Waals surface area contributed by atoms with Crippen LogP contribution in [0.4, 0.5) is 0 Å². The van der Waals surface area contributed by atoms with Crippen molar-refractivity contribution in [2.24, 2.45) is 18.9 Å². The fourth-order valence-electron chi connectivity index (χ4n) is 4.98. The van der Waals surface area contributed by atoms with Crippen LogP contribution in [-0.2, 0) is 7.05 Å². The summed E-state index contributed by atoms with van der Waals surface area (Å²) < 4.78 is 1.86. The number of aromatic nitrogens is 2. The number of hydrogen-bond acceptors (Lipinski definition) is 3. The minimum Gasteiger partial charge on any atom is -0.347 e. The molecule has 2 aliphatic heterocycles. The normalized spacial score (nSPS) is 22.9. The minimum atomic E-state index is -0.0584. The van der Waals surface area contributed by atoms with Gasteiger partial charge in [-0.05, 0) is 29.8 Å². The van der Waals surface area contributed by atoms with Crippen molar-refractivity contribution in [2.75, 3.05) is 19.6 Å². The second-order valence-corrected chi connectivity index (χ2v) is 8.17. The predicted molar refractivity (Wildman–Crippen MR) is 113 cm³/mol. The highest BCUT2D eigenvalue weighted by Crippen LogP contribution is 2.45. The Kier molecular flexibility index (Phi) is 4.62. The van der Waals surface area contributed by atoms with Gasteiger partial charge in [-0.15, -0.1) is 0 Å². The molecule has 2 saturated heterocycles. The average molecular weight is 400 g/mol. The fourth-order valence-corrected chi connectivity index (χ4v) is 4.98. The molecule has 5 rings (SSSR count). The molecule has 2 amide bonds. The highest BCUT2D eigenvalue weighted by Gasteiger charge is 2.50. The highest BCUT2D eigenvalue weighted by atomic mass is 16.2. The molecule has 0 saturated carbocycles. The molecule has 0 bridgehead atoms. The standard InChI is InChI=1S/C24H24N4O2/c1-26-13-7-11-21(26)24(30)27-14-18-15-28(23(29)20-10-5-6-12-25-20)22(19(18)16-27)17-8-3-2-4-9-17/h2-13,18-19,22H,14-16H2,1H3/t18-,19-,22+/m0/s1. The van der Waals surface area contributed by atoms with E-state index in [1.165, 1.54) is 0 Å². The molecular formula is C24H24N4O2. The second kappa shape index (κ2) is 7.44. The number of fused-ring (bicyclic) bond motifs is 1. The number of carbonyl (C=O) groups is 2. The van der Waals surface area contributed by atoms with Gasteiger partial charge in [-0.2, -0.15) is 0 Å². The maximum absolute atomic E-state index is 13.3.